The van der Waals surface area contributed by atoms with Crippen molar-refractivity contribution >= 4 is 11.6 Å². The molecule has 1 aromatic rings. The molecule has 1 atom stereocenters. The van der Waals surface area contributed by atoms with Crippen LogP contribution in [0.15, 0.2) is 12.1 Å². The molecule has 0 aliphatic carbocycles. The van der Waals surface area contributed by atoms with Crippen LogP contribution in [0.5, 0.6) is 11.5 Å². The summed E-state index contributed by atoms with van der Waals surface area (Å²) in [6, 6.07) is 3.98. The second-order valence-electron chi connectivity index (χ2n) is 5.29. The normalized spacial score (nSPS) is 20.1. The molecule has 0 bridgehead atoms. The Morgan fingerprint density at radius 3 is 2.95 bits per heavy atom. The Morgan fingerprint density at radius 2 is 2.25 bits per heavy atom. The predicted octanol–water partition coefficient (Wildman–Crippen LogP) is 2.63. The minimum Gasteiger partial charge on any atom is -0.504 e. The van der Waals surface area contributed by atoms with Gasteiger partial charge in [0.15, 0.2) is 11.5 Å². The molecule has 1 heterocycles. The lowest BCUT2D eigenvalue weighted by Gasteiger charge is -2.35. The van der Waals surface area contributed by atoms with Crippen LogP contribution in [-0.4, -0.2) is 43.3 Å². The number of phenols is 1. The lowest BCUT2D eigenvalue weighted by atomic mass is 10.0. The van der Waals surface area contributed by atoms with Crippen LogP contribution in [0, 0.1) is 0 Å². The van der Waals surface area contributed by atoms with Crippen LogP contribution in [0.25, 0.3) is 0 Å². The van der Waals surface area contributed by atoms with Gasteiger partial charge in [-0.15, -0.1) is 0 Å². The first-order chi connectivity index (χ1) is 9.65. The van der Waals surface area contributed by atoms with Crippen LogP contribution < -0.4 is 10.1 Å². The second kappa shape index (κ2) is 7.16. The van der Waals surface area contributed by atoms with Crippen molar-refractivity contribution in [3.05, 3.63) is 22.7 Å². The number of likely N-dealkylation sites (tertiary alicyclic amines) is 1. The number of piperidine rings is 1. The SMILES string of the molecule is CNCC1CCCCN1Cc1cc(Cl)cc(OC)c1O. The Morgan fingerprint density at radius 1 is 1.45 bits per heavy atom. The first-order valence-corrected chi connectivity index (χ1v) is 7.47. The van der Waals surface area contributed by atoms with Gasteiger partial charge in [-0.05, 0) is 32.5 Å². The van der Waals surface area contributed by atoms with Crippen LogP contribution in [0.2, 0.25) is 5.02 Å². The van der Waals surface area contributed by atoms with Gasteiger partial charge in [0.25, 0.3) is 0 Å². The molecular formula is C15H23ClN2O2. The molecule has 20 heavy (non-hydrogen) atoms. The lowest BCUT2D eigenvalue weighted by molar-refractivity contribution is 0.138. The van der Waals surface area contributed by atoms with Crippen LogP contribution in [0.3, 0.4) is 0 Å². The van der Waals surface area contributed by atoms with Crippen LogP contribution in [0.4, 0.5) is 0 Å². The molecule has 1 aliphatic heterocycles. The Balaban J connectivity index is 2.17. The van der Waals surface area contributed by atoms with Crippen molar-refractivity contribution in [2.75, 3.05) is 27.2 Å². The molecule has 2 N–H and O–H groups in total. The first kappa shape index (κ1) is 15.4. The van der Waals surface area contributed by atoms with Crippen molar-refractivity contribution in [3.63, 3.8) is 0 Å². The fourth-order valence-corrected chi connectivity index (χ4v) is 3.09. The molecule has 1 fully saturated rings. The number of aromatic hydroxyl groups is 1. The van der Waals surface area contributed by atoms with Gasteiger partial charge < -0.3 is 15.2 Å². The van der Waals surface area contributed by atoms with E-state index < -0.39 is 0 Å². The van der Waals surface area contributed by atoms with Crippen molar-refractivity contribution in [1.29, 1.82) is 0 Å². The quantitative estimate of drug-likeness (QED) is 0.877. The zero-order valence-electron chi connectivity index (χ0n) is 12.2. The highest BCUT2D eigenvalue weighted by Gasteiger charge is 2.23. The summed E-state index contributed by atoms with van der Waals surface area (Å²) < 4.78 is 5.16. The molecule has 0 aromatic heterocycles. The van der Waals surface area contributed by atoms with Gasteiger partial charge in [-0.1, -0.05) is 18.0 Å². The van der Waals surface area contributed by atoms with Crippen molar-refractivity contribution < 1.29 is 9.84 Å². The van der Waals surface area contributed by atoms with Gasteiger partial charge in [0.2, 0.25) is 0 Å². The predicted molar refractivity (Wildman–Crippen MR) is 81.6 cm³/mol. The van der Waals surface area contributed by atoms with E-state index in [1.807, 2.05) is 13.1 Å². The number of hydrogen-bond acceptors (Lipinski definition) is 4. The standard InChI is InChI=1S/C15H23ClN2O2/c1-17-9-13-5-3-4-6-18(13)10-11-7-12(16)8-14(20-2)15(11)19/h7-8,13,17,19H,3-6,9-10H2,1-2H3. The highest BCUT2D eigenvalue weighted by atomic mass is 35.5. The molecule has 1 saturated heterocycles. The third kappa shape index (κ3) is 3.57. The molecular weight excluding hydrogens is 276 g/mol. The first-order valence-electron chi connectivity index (χ1n) is 7.09. The molecule has 0 amide bonds. The summed E-state index contributed by atoms with van der Waals surface area (Å²) in [7, 11) is 3.52. The van der Waals surface area contributed by atoms with Gasteiger partial charge in [-0.25, -0.2) is 0 Å². The smallest absolute Gasteiger partial charge is 0.162 e. The molecule has 4 nitrogen and oxygen atoms in total. The van der Waals surface area contributed by atoms with E-state index in [1.54, 1.807) is 13.2 Å². The minimum atomic E-state index is 0.200. The average molecular weight is 299 g/mol. The summed E-state index contributed by atoms with van der Waals surface area (Å²) in [5, 5.41) is 14.1. The fraction of sp³-hybridized carbons (Fsp3) is 0.600. The van der Waals surface area contributed by atoms with Gasteiger partial charge >= 0.3 is 0 Å². The molecule has 1 unspecified atom stereocenters. The highest BCUT2D eigenvalue weighted by Crippen LogP contribution is 2.35. The summed E-state index contributed by atoms with van der Waals surface area (Å²) in [5.41, 5.74) is 0.831. The van der Waals surface area contributed by atoms with Crippen molar-refractivity contribution in [3.8, 4) is 11.5 Å². The van der Waals surface area contributed by atoms with Gasteiger partial charge in [0.05, 0.1) is 7.11 Å². The summed E-state index contributed by atoms with van der Waals surface area (Å²) in [6.07, 6.45) is 3.67. The van der Waals surface area contributed by atoms with E-state index >= 15 is 0 Å². The summed E-state index contributed by atoms with van der Waals surface area (Å²) >= 11 is 6.09. The van der Waals surface area contributed by atoms with Crippen molar-refractivity contribution in [2.45, 2.75) is 31.8 Å². The number of methoxy groups -OCH3 is 1. The number of rotatable bonds is 5. The lowest BCUT2D eigenvalue weighted by Crippen LogP contribution is -2.44. The minimum absolute atomic E-state index is 0.200. The molecule has 1 aromatic carbocycles. The van der Waals surface area contributed by atoms with Crippen LogP contribution in [0.1, 0.15) is 24.8 Å². The van der Waals surface area contributed by atoms with Crippen molar-refractivity contribution in [2.24, 2.45) is 0 Å². The van der Waals surface area contributed by atoms with E-state index in [4.69, 9.17) is 16.3 Å². The maximum absolute atomic E-state index is 10.2. The Bertz CT molecular complexity index is 452. The summed E-state index contributed by atoms with van der Waals surface area (Å²) in [6.45, 7) is 2.73. The van der Waals surface area contributed by atoms with Gasteiger partial charge in [0, 0.05) is 35.8 Å². The van der Waals surface area contributed by atoms with Crippen molar-refractivity contribution in [1.82, 2.24) is 10.2 Å². The van der Waals surface area contributed by atoms with Gasteiger partial charge in [0.1, 0.15) is 0 Å². The van der Waals surface area contributed by atoms with Gasteiger partial charge in [-0.3, -0.25) is 4.90 Å². The van der Waals surface area contributed by atoms with E-state index in [9.17, 15) is 5.11 Å². The Kier molecular flexibility index (Phi) is 5.52. The van der Waals surface area contributed by atoms with Crippen LogP contribution in [-0.2, 0) is 6.54 Å². The van der Waals surface area contributed by atoms with Crippen LogP contribution >= 0.6 is 11.6 Å². The summed E-state index contributed by atoms with van der Waals surface area (Å²) in [4.78, 5) is 2.41. The molecule has 2 rings (SSSR count). The Labute approximate surface area is 125 Å². The van der Waals surface area contributed by atoms with E-state index in [0.717, 1.165) is 18.7 Å². The highest BCUT2D eigenvalue weighted by molar-refractivity contribution is 6.30. The van der Waals surface area contributed by atoms with E-state index in [2.05, 4.69) is 10.2 Å². The Hall–Kier alpha value is -0.970. The zero-order chi connectivity index (χ0) is 14.5. The molecule has 0 spiro atoms. The molecule has 112 valence electrons. The topological polar surface area (TPSA) is 44.7 Å². The van der Waals surface area contributed by atoms with E-state index in [-0.39, 0.29) is 5.75 Å². The third-order valence-corrected chi connectivity index (χ3v) is 4.12. The number of halogens is 1. The summed E-state index contributed by atoms with van der Waals surface area (Å²) in [5.74, 6) is 0.639. The maximum atomic E-state index is 10.2. The molecule has 5 heteroatoms. The number of benzene rings is 1. The maximum Gasteiger partial charge on any atom is 0.162 e. The average Bonchev–Trinajstić information content (AvgIpc) is 2.44. The number of likely N-dealkylation sites (N-methyl/N-ethyl adjacent to an activating group) is 1. The third-order valence-electron chi connectivity index (χ3n) is 3.90. The number of ether oxygens (including phenoxy) is 1. The number of phenolic OH excluding ortho intramolecular Hbond substituents is 1. The molecule has 0 saturated carbocycles. The zero-order valence-corrected chi connectivity index (χ0v) is 12.9. The second-order valence-corrected chi connectivity index (χ2v) is 5.73. The molecule has 0 radical (unpaired) electrons. The molecule has 1 aliphatic rings. The number of nitrogens with zero attached hydrogens (tertiary/aromatic N) is 1. The van der Waals surface area contributed by atoms with Gasteiger partial charge in [-0.2, -0.15) is 0 Å². The number of nitrogens with one attached hydrogen (secondary N) is 1. The fourth-order valence-electron chi connectivity index (χ4n) is 2.86. The van der Waals surface area contributed by atoms with E-state index in [1.165, 1.54) is 19.3 Å². The largest absolute Gasteiger partial charge is 0.504 e. The van der Waals surface area contributed by atoms with E-state index in [0.29, 0.717) is 23.4 Å². The monoisotopic (exact) mass is 298 g/mol. The number of hydrogen-bond donors (Lipinski definition) is 2.